The third-order valence-corrected chi connectivity index (χ3v) is 4.88. The average molecular weight is 414 g/mol. The fraction of sp³-hybridized carbons (Fsp3) is 0.286. The number of nitrogens with zero attached hydrogens (tertiary/aromatic N) is 2. The van der Waals surface area contributed by atoms with Crippen LogP contribution in [-0.2, 0) is 11.2 Å². The molecule has 1 aliphatic rings. The molecule has 29 heavy (non-hydrogen) atoms. The minimum Gasteiger partial charge on any atom is -0.486 e. The monoisotopic (exact) mass is 413 g/mol. The minimum atomic E-state index is -0.324. The maximum atomic E-state index is 12.5. The highest BCUT2D eigenvalue weighted by Gasteiger charge is 2.19. The van der Waals surface area contributed by atoms with Crippen molar-refractivity contribution in [3.63, 3.8) is 0 Å². The number of nitrogens with one attached hydrogen (secondary N) is 1. The Morgan fingerprint density at radius 1 is 1.17 bits per heavy atom. The molecule has 1 aromatic heterocycles. The van der Waals surface area contributed by atoms with Crippen molar-refractivity contribution in [2.75, 3.05) is 19.8 Å². The van der Waals surface area contributed by atoms with Crippen molar-refractivity contribution in [1.29, 1.82) is 0 Å². The lowest BCUT2D eigenvalue weighted by molar-refractivity contribution is -0.122. The van der Waals surface area contributed by atoms with Gasteiger partial charge in [-0.3, -0.25) is 4.79 Å². The molecule has 7 nitrogen and oxygen atoms in total. The molecule has 0 bridgehead atoms. The number of rotatable bonds is 6. The van der Waals surface area contributed by atoms with Crippen molar-refractivity contribution < 1.29 is 18.8 Å². The summed E-state index contributed by atoms with van der Waals surface area (Å²) >= 11 is 5.99. The predicted molar refractivity (Wildman–Crippen MR) is 107 cm³/mol. The Bertz CT molecular complexity index is 1020. The number of halogens is 1. The van der Waals surface area contributed by atoms with Gasteiger partial charge < -0.3 is 19.3 Å². The molecule has 0 aliphatic carbocycles. The molecule has 1 amide bonds. The molecule has 4 rings (SSSR count). The second-order valence-corrected chi connectivity index (χ2v) is 7.12. The maximum Gasteiger partial charge on any atom is 0.228 e. The minimum absolute atomic E-state index is 0.0868. The summed E-state index contributed by atoms with van der Waals surface area (Å²) in [5, 5.41) is 7.48. The average Bonchev–Trinajstić information content (AvgIpc) is 3.22. The van der Waals surface area contributed by atoms with Gasteiger partial charge in [-0.05, 0) is 36.8 Å². The standard InChI is InChI=1S/C21H20ClN3O4/c1-13(14-5-6-17-18(12-14)28-10-9-27-17)21(26)23-8-7-19-24-20(25-29-19)15-3-2-4-16(22)11-15/h2-6,11-13H,7-10H2,1H3,(H,23,26). The van der Waals surface area contributed by atoms with E-state index in [1.165, 1.54) is 0 Å². The number of ether oxygens (including phenoxy) is 2. The molecule has 0 saturated carbocycles. The molecule has 1 N–H and O–H groups in total. The first-order valence-corrected chi connectivity index (χ1v) is 9.74. The highest BCUT2D eigenvalue weighted by Crippen LogP contribution is 2.33. The predicted octanol–water partition coefficient (Wildman–Crippen LogP) is 3.62. The molecular weight excluding hydrogens is 394 g/mol. The zero-order valence-corrected chi connectivity index (χ0v) is 16.6. The molecule has 0 saturated heterocycles. The van der Waals surface area contributed by atoms with Crippen LogP contribution in [0.2, 0.25) is 5.02 Å². The van der Waals surface area contributed by atoms with Crippen LogP contribution >= 0.6 is 11.6 Å². The van der Waals surface area contributed by atoms with Crippen LogP contribution in [-0.4, -0.2) is 35.8 Å². The molecule has 0 fully saturated rings. The zero-order valence-electron chi connectivity index (χ0n) is 15.9. The SMILES string of the molecule is CC(C(=O)NCCc1nc(-c2cccc(Cl)c2)no1)c1ccc2c(c1)OCCO2. The van der Waals surface area contributed by atoms with Crippen molar-refractivity contribution in [2.45, 2.75) is 19.3 Å². The quantitative estimate of drug-likeness (QED) is 0.664. The van der Waals surface area contributed by atoms with E-state index in [0.29, 0.717) is 54.4 Å². The Morgan fingerprint density at radius 2 is 2.00 bits per heavy atom. The summed E-state index contributed by atoms with van der Waals surface area (Å²) in [6, 6.07) is 12.8. The van der Waals surface area contributed by atoms with E-state index in [9.17, 15) is 4.79 Å². The number of carbonyl (C=O) groups is 1. The fourth-order valence-corrected chi connectivity index (χ4v) is 3.22. The summed E-state index contributed by atoms with van der Waals surface area (Å²) < 4.78 is 16.4. The number of hydrogen-bond donors (Lipinski definition) is 1. The Morgan fingerprint density at radius 3 is 2.83 bits per heavy atom. The fourth-order valence-electron chi connectivity index (χ4n) is 3.03. The van der Waals surface area contributed by atoms with Crippen LogP contribution in [0.1, 0.15) is 24.3 Å². The van der Waals surface area contributed by atoms with E-state index in [2.05, 4.69) is 15.5 Å². The molecule has 0 spiro atoms. The van der Waals surface area contributed by atoms with Crippen LogP contribution in [0.5, 0.6) is 11.5 Å². The van der Waals surface area contributed by atoms with Crippen LogP contribution in [0.25, 0.3) is 11.4 Å². The van der Waals surface area contributed by atoms with Gasteiger partial charge in [0.2, 0.25) is 17.6 Å². The van der Waals surface area contributed by atoms with Gasteiger partial charge in [0.15, 0.2) is 11.5 Å². The number of carbonyl (C=O) groups excluding carboxylic acids is 1. The van der Waals surface area contributed by atoms with Crippen molar-refractivity contribution >= 4 is 17.5 Å². The van der Waals surface area contributed by atoms with Crippen LogP contribution < -0.4 is 14.8 Å². The van der Waals surface area contributed by atoms with Crippen LogP contribution in [0.15, 0.2) is 47.0 Å². The first-order valence-electron chi connectivity index (χ1n) is 9.36. The lowest BCUT2D eigenvalue weighted by atomic mass is 9.99. The van der Waals surface area contributed by atoms with Gasteiger partial charge in [0.1, 0.15) is 13.2 Å². The number of hydrogen-bond acceptors (Lipinski definition) is 6. The van der Waals surface area contributed by atoms with Crippen LogP contribution in [0.4, 0.5) is 0 Å². The first-order chi connectivity index (χ1) is 14.1. The van der Waals surface area contributed by atoms with Crippen molar-refractivity contribution in [3.8, 4) is 22.9 Å². The summed E-state index contributed by atoms with van der Waals surface area (Å²) in [4.78, 5) is 16.9. The molecule has 2 heterocycles. The van der Waals surface area contributed by atoms with E-state index in [0.717, 1.165) is 11.1 Å². The summed E-state index contributed by atoms with van der Waals surface area (Å²) in [6.07, 6.45) is 0.438. The molecule has 1 unspecified atom stereocenters. The van der Waals surface area contributed by atoms with Crippen LogP contribution in [0.3, 0.4) is 0 Å². The highest BCUT2D eigenvalue weighted by molar-refractivity contribution is 6.30. The lowest BCUT2D eigenvalue weighted by Gasteiger charge is -2.20. The van der Waals surface area contributed by atoms with Crippen molar-refractivity contribution in [2.24, 2.45) is 0 Å². The third-order valence-electron chi connectivity index (χ3n) is 4.65. The second kappa shape index (κ2) is 8.53. The Hall–Kier alpha value is -3.06. The Kier molecular flexibility index (Phi) is 5.67. The van der Waals surface area contributed by atoms with Gasteiger partial charge in [-0.15, -0.1) is 0 Å². The molecule has 8 heteroatoms. The normalized spacial score (nSPS) is 13.7. The van der Waals surface area contributed by atoms with E-state index < -0.39 is 0 Å². The van der Waals surface area contributed by atoms with E-state index in [4.69, 9.17) is 25.6 Å². The zero-order chi connectivity index (χ0) is 20.2. The summed E-state index contributed by atoms with van der Waals surface area (Å²) in [7, 11) is 0. The summed E-state index contributed by atoms with van der Waals surface area (Å²) in [6.45, 7) is 3.30. The number of aromatic nitrogens is 2. The van der Waals surface area contributed by atoms with E-state index in [1.54, 1.807) is 12.1 Å². The van der Waals surface area contributed by atoms with Crippen molar-refractivity contribution in [1.82, 2.24) is 15.5 Å². The van der Waals surface area contributed by atoms with Gasteiger partial charge in [0.05, 0.1) is 5.92 Å². The Balaban J connectivity index is 1.32. The largest absolute Gasteiger partial charge is 0.486 e. The molecule has 1 atom stereocenters. The topological polar surface area (TPSA) is 86.5 Å². The van der Waals surface area contributed by atoms with E-state index in [1.807, 2.05) is 37.3 Å². The summed E-state index contributed by atoms with van der Waals surface area (Å²) in [5.41, 5.74) is 1.65. The maximum absolute atomic E-state index is 12.5. The van der Waals surface area contributed by atoms with Crippen LogP contribution in [0, 0.1) is 0 Å². The van der Waals surface area contributed by atoms with Gasteiger partial charge in [-0.2, -0.15) is 4.98 Å². The molecule has 0 radical (unpaired) electrons. The van der Waals surface area contributed by atoms with Crippen molar-refractivity contribution in [3.05, 3.63) is 58.9 Å². The molecule has 2 aromatic carbocycles. The number of fused-ring (bicyclic) bond motifs is 1. The molecule has 1 aliphatic heterocycles. The lowest BCUT2D eigenvalue weighted by Crippen LogP contribution is -2.30. The number of amides is 1. The molecular formula is C21H20ClN3O4. The second-order valence-electron chi connectivity index (χ2n) is 6.69. The van der Waals surface area contributed by atoms with Gasteiger partial charge in [0.25, 0.3) is 0 Å². The summed E-state index contributed by atoms with van der Waals surface area (Å²) in [5.74, 6) is 1.89. The molecule has 3 aromatic rings. The van der Waals surface area contributed by atoms with Gasteiger partial charge >= 0.3 is 0 Å². The third kappa shape index (κ3) is 4.51. The van der Waals surface area contributed by atoms with Gasteiger partial charge in [0, 0.05) is 23.6 Å². The first kappa shape index (κ1) is 19.3. The van der Waals surface area contributed by atoms with E-state index in [-0.39, 0.29) is 11.8 Å². The van der Waals surface area contributed by atoms with E-state index >= 15 is 0 Å². The Labute approximate surface area is 173 Å². The molecule has 150 valence electrons. The highest BCUT2D eigenvalue weighted by atomic mass is 35.5. The van der Waals surface area contributed by atoms with Gasteiger partial charge in [-0.1, -0.05) is 35.0 Å². The van der Waals surface area contributed by atoms with Gasteiger partial charge in [-0.25, -0.2) is 0 Å². The smallest absolute Gasteiger partial charge is 0.228 e. The number of benzene rings is 2.